The summed E-state index contributed by atoms with van der Waals surface area (Å²) in [6, 6.07) is 0. The van der Waals surface area contributed by atoms with Gasteiger partial charge in [-0.2, -0.15) is 0 Å². The molecule has 0 aromatic heterocycles. The predicted octanol–water partition coefficient (Wildman–Crippen LogP) is 6.71. The first-order valence-corrected chi connectivity index (χ1v) is 14.0. The number of fused-ring (bicyclic) bond motifs is 7. The standard InChI is InChI=1S/C31H46O4/c1-26(2)15-16-31(25(34)35-8)20(17-26)19-9-10-22-28(5)13-12-23(32)27(3,4)21(28)11-14-29(22,6)30(19,7)18-24(31)33/h9,20-22H,10-18H2,1-8H3/t20?,21?,22?,28-,29+,30+,31+/m0/s1. The first-order valence-electron chi connectivity index (χ1n) is 14.0. The van der Waals surface area contributed by atoms with Gasteiger partial charge in [-0.15, -0.1) is 0 Å². The monoisotopic (exact) mass is 482 g/mol. The van der Waals surface area contributed by atoms with Crippen LogP contribution < -0.4 is 0 Å². The Bertz CT molecular complexity index is 1020. The normalized spacial score (nSPS) is 48.0. The lowest BCUT2D eigenvalue weighted by atomic mass is 9.33. The van der Waals surface area contributed by atoms with Gasteiger partial charge >= 0.3 is 5.97 Å². The molecule has 4 saturated carbocycles. The maximum atomic E-state index is 14.2. The molecule has 3 unspecified atom stereocenters. The zero-order valence-electron chi connectivity index (χ0n) is 23.3. The zero-order chi connectivity index (χ0) is 25.8. The third-order valence-corrected chi connectivity index (χ3v) is 12.7. The molecule has 0 amide bonds. The number of Topliss-reactive ketones (excluding diaryl/α,β-unsaturated/α-hetero) is 2. The number of carbonyl (C=O) groups is 3. The predicted molar refractivity (Wildman–Crippen MR) is 136 cm³/mol. The first kappa shape index (κ1) is 25.2. The van der Waals surface area contributed by atoms with Crippen LogP contribution in [0.1, 0.15) is 106 Å². The molecule has 0 heterocycles. The number of methoxy groups -OCH3 is 1. The highest BCUT2D eigenvalue weighted by atomic mass is 16.5. The molecule has 0 saturated heterocycles. The SMILES string of the molecule is COC(=O)[C@]12CCC(C)(C)CC1C1=CCC3[C@@]4(C)CCC(=O)C(C)(C)C4CC[C@@]3(C)[C@]1(C)CC2=O. The van der Waals surface area contributed by atoms with Gasteiger partial charge in [0.25, 0.3) is 0 Å². The van der Waals surface area contributed by atoms with Gasteiger partial charge in [-0.25, -0.2) is 0 Å². The Morgan fingerprint density at radius 1 is 0.914 bits per heavy atom. The maximum Gasteiger partial charge on any atom is 0.319 e. The summed E-state index contributed by atoms with van der Waals surface area (Å²) in [5.41, 5.74) is -0.0469. The van der Waals surface area contributed by atoms with Crippen molar-refractivity contribution in [2.45, 2.75) is 106 Å². The van der Waals surface area contributed by atoms with E-state index in [0.29, 0.717) is 36.9 Å². The minimum Gasteiger partial charge on any atom is -0.468 e. The fourth-order valence-electron chi connectivity index (χ4n) is 10.4. The number of esters is 1. The topological polar surface area (TPSA) is 60.4 Å². The summed E-state index contributed by atoms with van der Waals surface area (Å²) in [7, 11) is 1.44. The van der Waals surface area contributed by atoms with Crippen molar-refractivity contribution in [3.05, 3.63) is 11.6 Å². The Balaban J connectivity index is 1.64. The Hall–Kier alpha value is -1.45. The van der Waals surface area contributed by atoms with Crippen LogP contribution in [0.4, 0.5) is 0 Å². The molecule has 0 aromatic carbocycles. The van der Waals surface area contributed by atoms with Gasteiger partial charge in [0.1, 0.15) is 11.2 Å². The molecule has 194 valence electrons. The highest BCUT2D eigenvalue weighted by molar-refractivity contribution is 6.06. The van der Waals surface area contributed by atoms with E-state index in [4.69, 9.17) is 4.74 Å². The lowest BCUT2D eigenvalue weighted by Crippen LogP contribution is -2.66. The summed E-state index contributed by atoms with van der Waals surface area (Å²) in [4.78, 5) is 40.4. The second-order valence-electron chi connectivity index (χ2n) is 14.9. The van der Waals surface area contributed by atoms with E-state index in [1.807, 2.05) is 0 Å². The Kier molecular flexibility index (Phi) is 5.27. The van der Waals surface area contributed by atoms with Crippen LogP contribution in [0.2, 0.25) is 0 Å². The first-order chi connectivity index (χ1) is 16.1. The van der Waals surface area contributed by atoms with E-state index < -0.39 is 5.41 Å². The highest BCUT2D eigenvalue weighted by Gasteiger charge is 2.71. The van der Waals surface area contributed by atoms with Gasteiger partial charge < -0.3 is 4.74 Å². The average molecular weight is 483 g/mol. The van der Waals surface area contributed by atoms with Crippen molar-refractivity contribution < 1.29 is 19.1 Å². The highest BCUT2D eigenvalue weighted by Crippen LogP contribution is 2.75. The summed E-state index contributed by atoms with van der Waals surface area (Å²) < 4.78 is 5.33. The molecule has 0 radical (unpaired) electrons. The fraction of sp³-hybridized carbons (Fsp3) is 0.839. The van der Waals surface area contributed by atoms with Crippen LogP contribution in [0, 0.1) is 50.2 Å². The fourth-order valence-corrected chi connectivity index (χ4v) is 10.4. The number of ketones is 2. The molecule has 0 N–H and O–H groups in total. The molecule has 0 bridgehead atoms. The molecule has 5 aliphatic rings. The van der Waals surface area contributed by atoms with Crippen LogP contribution in [0.25, 0.3) is 0 Å². The summed E-state index contributed by atoms with van der Waals surface area (Å²) in [5, 5.41) is 0. The van der Waals surface area contributed by atoms with Crippen LogP contribution in [-0.2, 0) is 19.1 Å². The van der Waals surface area contributed by atoms with Crippen molar-refractivity contribution in [3.63, 3.8) is 0 Å². The zero-order valence-corrected chi connectivity index (χ0v) is 23.3. The quantitative estimate of drug-likeness (QED) is 0.237. The van der Waals surface area contributed by atoms with Crippen LogP contribution in [0.3, 0.4) is 0 Å². The second-order valence-corrected chi connectivity index (χ2v) is 14.9. The molecular weight excluding hydrogens is 436 g/mol. The second kappa shape index (κ2) is 7.32. The molecule has 0 aliphatic heterocycles. The van der Waals surface area contributed by atoms with Crippen LogP contribution in [-0.4, -0.2) is 24.6 Å². The van der Waals surface area contributed by atoms with Crippen LogP contribution in [0.15, 0.2) is 11.6 Å². The summed E-state index contributed by atoms with van der Waals surface area (Å²) in [5.74, 6) is 0.957. The summed E-state index contributed by atoms with van der Waals surface area (Å²) >= 11 is 0. The molecule has 4 nitrogen and oxygen atoms in total. The van der Waals surface area contributed by atoms with Crippen molar-refractivity contribution in [1.82, 2.24) is 0 Å². The average Bonchev–Trinajstić information content (AvgIpc) is 2.76. The smallest absolute Gasteiger partial charge is 0.319 e. The number of carbonyl (C=O) groups excluding carboxylic acids is 3. The molecule has 0 spiro atoms. The molecule has 7 atom stereocenters. The number of rotatable bonds is 1. The van der Waals surface area contributed by atoms with Gasteiger partial charge in [-0.05, 0) is 73.0 Å². The van der Waals surface area contributed by atoms with Crippen molar-refractivity contribution >= 4 is 17.5 Å². The van der Waals surface area contributed by atoms with E-state index in [1.165, 1.54) is 12.7 Å². The van der Waals surface area contributed by atoms with Gasteiger partial charge in [0.15, 0.2) is 5.78 Å². The number of allylic oxidation sites excluding steroid dienone is 2. The minimum atomic E-state index is -1.01. The third kappa shape index (κ3) is 2.95. The largest absolute Gasteiger partial charge is 0.468 e. The van der Waals surface area contributed by atoms with E-state index in [-0.39, 0.29) is 44.7 Å². The van der Waals surface area contributed by atoms with Crippen molar-refractivity contribution in [3.8, 4) is 0 Å². The van der Waals surface area contributed by atoms with E-state index >= 15 is 0 Å². The Morgan fingerprint density at radius 3 is 2.26 bits per heavy atom. The van der Waals surface area contributed by atoms with Gasteiger partial charge in [-0.3, -0.25) is 14.4 Å². The molecule has 35 heavy (non-hydrogen) atoms. The van der Waals surface area contributed by atoms with Gasteiger partial charge in [0.05, 0.1) is 7.11 Å². The summed E-state index contributed by atoms with van der Waals surface area (Å²) in [6.07, 6.45) is 9.90. The third-order valence-electron chi connectivity index (χ3n) is 12.7. The number of ether oxygens (including phenoxy) is 1. The van der Waals surface area contributed by atoms with Crippen molar-refractivity contribution in [2.24, 2.45) is 50.2 Å². The lowest BCUT2D eigenvalue weighted by Gasteiger charge is -2.70. The number of hydrogen-bond acceptors (Lipinski definition) is 4. The van der Waals surface area contributed by atoms with E-state index in [9.17, 15) is 14.4 Å². The maximum absolute atomic E-state index is 14.2. The lowest BCUT2D eigenvalue weighted by molar-refractivity contribution is -0.191. The van der Waals surface area contributed by atoms with Gasteiger partial charge in [0, 0.05) is 29.6 Å². The molecule has 0 aromatic rings. The van der Waals surface area contributed by atoms with Crippen molar-refractivity contribution in [2.75, 3.05) is 7.11 Å². The molecular formula is C31H46O4. The van der Waals surface area contributed by atoms with Crippen LogP contribution in [0.5, 0.6) is 0 Å². The van der Waals surface area contributed by atoms with E-state index in [0.717, 1.165) is 38.5 Å². The van der Waals surface area contributed by atoms with Crippen molar-refractivity contribution in [1.29, 1.82) is 0 Å². The van der Waals surface area contributed by atoms with Gasteiger partial charge in [0.2, 0.25) is 0 Å². The molecule has 4 heteroatoms. The Labute approximate surface area is 212 Å². The van der Waals surface area contributed by atoms with E-state index in [1.54, 1.807) is 0 Å². The number of hydrogen-bond donors (Lipinski definition) is 0. The Morgan fingerprint density at radius 2 is 1.60 bits per heavy atom. The molecule has 5 rings (SSSR count). The summed E-state index contributed by atoms with van der Waals surface area (Å²) in [6.45, 7) is 16.1. The van der Waals surface area contributed by atoms with Crippen LogP contribution >= 0.6 is 0 Å². The van der Waals surface area contributed by atoms with E-state index in [2.05, 4.69) is 54.5 Å². The molecule has 5 aliphatic carbocycles. The van der Waals surface area contributed by atoms with Gasteiger partial charge in [-0.1, -0.05) is 60.1 Å². The minimum absolute atomic E-state index is 0.0294. The molecule has 4 fully saturated rings.